The third-order valence-electron chi connectivity index (χ3n) is 4.02. The monoisotopic (exact) mass is 313 g/mol. The van der Waals surface area contributed by atoms with Crippen LogP contribution in [0.4, 0.5) is 5.82 Å². The van der Waals surface area contributed by atoms with Crippen molar-refractivity contribution in [3.63, 3.8) is 0 Å². The molecule has 0 spiro atoms. The summed E-state index contributed by atoms with van der Waals surface area (Å²) in [5.74, 6) is 1.70. The predicted molar refractivity (Wildman–Crippen MR) is 89.7 cm³/mol. The Kier molecular flexibility index (Phi) is 5.02. The predicted octanol–water partition coefficient (Wildman–Crippen LogP) is 1.90. The van der Waals surface area contributed by atoms with E-state index in [4.69, 9.17) is 4.74 Å². The lowest BCUT2D eigenvalue weighted by Crippen LogP contribution is -2.46. The van der Waals surface area contributed by atoms with E-state index in [0.29, 0.717) is 12.5 Å². The van der Waals surface area contributed by atoms with Crippen LogP contribution in [0.15, 0.2) is 30.7 Å². The smallest absolute Gasteiger partial charge is 0.213 e. The summed E-state index contributed by atoms with van der Waals surface area (Å²) in [4.78, 5) is 17.9. The Morgan fingerprint density at radius 2 is 1.83 bits per heavy atom. The molecule has 3 rings (SSSR count). The Bertz CT molecular complexity index is 623. The third kappa shape index (κ3) is 3.96. The highest BCUT2D eigenvalue weighted by Gasteiger charge is 2.19. The van der Waals surface area contributed by atoms with Crippen LogP contribution < -0.4 is 9.64 Å². The van der Waals surface area contributed by atoms with Crippen LogP contribution in [0.3, 0.4) is 0 Å². The second kappa shape index (κ2) is 7.37. The average molecular weight is 313 g/mol. The Balaban J connectivity index is 1.54. The summed E-state index contributed by atoms with van der Waals surface area (Å²) in [6.45, 7) is 9.54. The minimum Gasteiger partial charge on any atom is -0.478 e. The summed E-state index contributed by atoms with van der Waals surface area (Å²) < 4.78 is 5.38. The number of ether oxygens (including phenoxy) is 1. The lowest BCUT2D eigenvalue weighted by molar-refractivity contribution is 0.248. The largest absolute Gasteiger partial charge is 0.478 e. The van der Waals surface area contributed by atoms with E-state index in [-0.39, 0.29) is 0 Å². The fourth-order valence-corrected chi connectivity index (χ4v) is 2.82. The summed E-state index contributed by atoms with van der Waals surface area (Å²) in [6, 6.07) is 4.04. The molecule has 0 bridgehead atoms. The normalized spacial score (nSPS) is 15.7. The van der Waals surface area contributed by atoms with Gasteiger partial charge in [0.05, 0.1) is 12.3 Å². The molecule has 0 N–H and O–H groups in total. The third-order valence-corrected chi connectivity index (χ3v) is 4.02. The van der Waals surface area contributed by atoms with Crippen LogP contribution in [-0.4, -0.2) is 52.6 Å². The van der Waals surface area contributed by atoms with Crippen molar-refractivity contribution in [3.05, 3.63) is 42.0 Å². The maximum atomic E-state index is 5.38. The molecule has 0 atom stereocenters. The molecule has 23 heavy (non-hydrogen) atoms. The van der Waals surface area contributed by atoms with Gasteiger partial charge in [0.25, 0.3) is 0 Å². The van der Waals surface area contributed by atoms with E-state index in [0.717, 1.165) is 44.2 Å². The highest BCUT2D eigenvalue weighted by Crippen LogP contribution is 2.17. The van der Waals surface area contributed by atoms with E-state index in [2.05, 4.69) is 30.8 Å². The maximum absolute atomic E-state index is 5.38. The van der Waals surface area contributed by atoms with Crippen molar-refractivity contribution in [2.45, 2.75) is 20.4 Å². The van der Waals surface area contributed by atoms with Crippen molar-refractivity contribution >= 4 is 5.82 Å². The molecule has 0 unspecified atom stereocenters. The van der Waals surface area contributed by atoms with E-state index in [1.165, 1.54) is 5.56 Å². The van der Waals surface area contributed by atoms with Crippen LogP contribution in [0, 0.1) is 6.92 Å². The second-order valence-corrected chi connectivity index (χ2v) is 5.67. The molecule has 1 aliphatic heterocycles. The molecule has 6 heteroatoms. The van der Waals surface area contributed by atoms with Crippen molar-refractivity contribution in [2.24, 2.45) is 0 Å². The van der Waals surface area contributed by atoms with Gasteiger partial charge in [-0.1, -0.05) is 6.07 Å². The minimum absolute atomic E-state index is 0.649. The van der Waals surface area contributed by atoms with Crippen molar-refractivity contribution in [1.82, 2.24) is 19.9 Å². The van der Waals surface area contributed by atoms with E-state index < -0.39 is 0 Å². The first-order valence-electron chi connectivity index (χ1n) is 8.09. The number of rotatable bonds is 5. The van der Waals surface area contributed by atoms with Gasteiger partial charge >= 0.3 is 0 Å². The lowest BCUT2D eigenvalue weighted by Gasteiger charge is -2.35. The maximum Gasteiger partial charge on any atom is 0.213 e. The van der Waals surface area contributed by atoms with Crippen LogP contribution in [0.5, 0.6) is 5.88 Å². The van der Waals surface area contributed by atoms with E-state index >= 15 is 0 Å². The number of piperazine rings is 1. The van der Waals surface area contributed by atoms with Crippen molar-refractivity contribution < 1.29 is 4.74 Å². The zero-order valence-corrected chi connectivity index (χ0v) is 13.8. The van der Waals surface area contributed by atoms with Gasteiger partial charge in [0.1, 0.15) is 5.82 Å². The number of hydrogen-bond acceptors (Lipinski definition) is 6. The SMILES string of the molecule is CCOc1ccc(CN2CCN(c3nccnc3C)CC2)cn1. The van der Waals surface area contributed by atoms with Crippen LogP contribution >= 0.6 is 0 Å². The molecular formula is C17H23N5O. The minimum atomic E-state index is 0.649. The van der Waals surface area contributed by atoms with E-state index in [1.54, 1.807) is 12.4 Å². The van der Waals surface area contributed by atoms with E-state index in [1.807, 2.05) is 26.1 Å². The molecule has 1 aliphatic rings. The molecular weight excluding hydrogens is 290 g/mol. The molecule has 1 fully saturated rings. The molecule has 0 amide bonds. The zero-order valence-electron chi connectivity index (χ0n) is 13.8. The van der Waals surface area contributed by atoms with Gasteiger partial charge in [0, 0.05) is 57.4 Å². The fraction of sp³-hybridized carbons (Fsp3) is 0.471. The summed E-state index contributed by atoms with van der Waals surface area (Å²) in [6.07, 6.45) is 5.42. The summed E-state index contributed by atoms with van der Waals surface area (Å²) in [5.41, 5.74) is 2.22. The van der Waals surface area contributed by atoms with Crippen molar-refractivity contribution in [2.75, 3.05) is 37.7 Å². The van der Waals surface area contributed by atoms with Gasteiger partial charge in [0.2, 0.25) is 5.88 Å². The first-order chi connectivity index (χ1) is 11.3. The van der Waals surface area contributed by atoms with Crippen molar-refractivity contribution in [3.8, 4) is 5.88 Å². The number of anilines is 1. The molecule has 6 nitrogen and oxygen atoms in total. The van der Waals surface area contributed by atoms with Gasteiger partial charge in [-0.15, -0.1) is 0 Å². The molecule has 0 saturated carbocycles. The number of nitrogens with zero attached hydrogens (tertiary/aromatic N) is 5. The Labute approximate surface area is 137 Å². The summed E-state index contributed by atoms with van der Waals surface area (Å²) >= 11 is 0. The fourth-order valence-electron chi connectivity index (χ4n) is 2.82. The quantitative estimate of drug-likeness (QED) is 0.840. The van der Waals surface area contributed by atoms with Gasteiger partial charge in [-0.3, -0.25) is 9.88 Å². The highest BCUT2D eigenvalue weighted by molar-refractivity contribution is 5.42. The van der Waals surface area contributed by atoms with Crippen LogP contribution in [0.1, 0.15) is 18.2 Å². The zero-order chi connectivity index (χ0) is 16.1. The standard InChI is InChI=1S/C17H23N5O/c1-3-23-16-5-4-15(12-20-16)13-21-8-10-22(11-9-21)17-14(2)18-6-7-19-17/h4-7,12H,3,8-11,13H2,1-2H3. The van der Waals surface area contributed by atoms with Crippen molar-refractivity contribution in [1.29, 1.82) is 0 Å². The lowest BCUT2D eigenvalue weighted by atomic mass is 10.2. The number of aryl methyl sites for hydroxylation is 1. The summed E-state index contributed by atoms with van der Waals surface area (Å²) in [7, 11) is 0. The first-order valence-corrected chi connectivity index (χ1v) is 8.09. The molecule has 2 aromatic heterocycles. The molecule has 0 aromatic carbocycles. The highest BCUT2D eigenvalue weighted by atomic mass is 16.5. The molecule has 2 aromatic rings. The van der Waals surface area contributed by atoms with E-state index in [9.17, 15) is 0 Å². The van der Waals surface area contributed by atoms with Crippen LogP contribution in [0.2, 0.25) is 0 Å². The van der Waals surface area contributed by atoms with Crippen LogP contribution in [0.25, 0.3) is 0 Å². The molecule has 0 aliphatic carbocycles. The Morgan fingerprint density at radius 3 is 2.48 bits per heavy atom. The number of pyridine rings is 1. The second-order valence-electron chi connectivity index (χ2n) is 5.67. The Morgan fingerprint density at radius 1 is 1.04 bits per heavy atom. The van der Waals surface area contributed by atoms with Gasteiger partial charge in [0.15, 0.2) is 0 Å². The summed E-state index contributed by atoms with van der Waals surface area (Å²) in [5, 5.41) is 0. The van der Waals surface area contributed by atoms with Gasteiger partial charge in [-0.2, -0.15) is 0 Å². The molecule has 122 valence electrons. The Hall–Kier alpha value is -2.21. The molecule has 3 heterocycles. The molecule has 1 saturated heterocycles. The number of hydrogen-bond donors (Lipinski definition) is 0. The topological polar surface area (TPSA) is 54.4 Å². The van der Waals surface area contributed by atoms with Gasteiger partial charge in [-0.25, -0.2) is 9.97 Å². The average Bonchev–Trinajstić information content (AvgIpc) is 2.58. The molecule has 0 radical (unpaired) electrons. The number of aromatic nitrogens is 3. The van der Waals surface area contributed by atoms with Gasteiger partial charge in [-0.05, 0) is 19.4 Å². The van der Waals surface area contributed by atoms with Crippen LogP contribution in [-0.2, 0) is 6.54 Å². The first kappa shape index (κ1) is 15.7. The van der Waals surface area contributed by atoms with Gasteiger partial charge < -0.3 is 9.64 Å².